The molecule has 0 aliphatic carbocycles. The maximum Gasteiger partial charge on any atom is 0.338 e. The van der Waals surface area contributed by atoms with Gasteiger partial charge < -0.3 is 15.0 Å². The zero-order chi connectivity index (χ0) is 20.8. The molecule has 1 N–H and O–H groups in total. The molecule has 3 rings (SSSR count). The summed E-state index contributed by atoms with van der Waals surface area (Å²) in [7, 11) is 3.79. The third-order valence-corrected chi connectivity index (χ3v) is 4.52. The highest BCUT2D eigenvalue weighted by atomic mass is 16.5. The second-order valence-corrected chi connectivity index (χ2v) is 6.89. The number of benzene rings is 3. The quantitative estimate of drug-likeness (QED) is 0.627. The number of hydrogen-bond acceptors (Lipinski definition) is 4. The number of amides is 1. The van der Waals surface area contributed by atoms with Crippen LogP contribution >= 0.6 is 0 Å². The van der Waals surface area contributed by atoms with Gasteiger partial charge in [0, 0.05) is 31.0 Å². The van der Waals surface area contributed by atoms with Gasteiger partial charge in [-0.15, -0.1) is 0 Å². The van der Waals surface area contributed by atoms with E-state index < -0.39 is 12.1 Å². The van der Waals surface area contributed by atoms with Crippen molar-refractivity contribution >= 4 is 23.3 Å². The number of carbonyl (C=O) groups excluding carboxylic acids is 2. The van der Waals surface area contributed by atoms with Crippen molar-refractivity contribution in [2.24, 2.45) is 0 Å². The van der Waals surface area contributed by atoms with Crippen molar-refractivity contribution in [3.63, 3.8) is 0 Å². The highest BCUT2D eigenvalue weighted by Crippen LogP contribution is 2.27. The average Bonchev–Trinajstić information content (AvgIpc) is 2.74. The predicted molar refractivity (Wildman–Crippen MR) is 116 cm³/mol. The van der Waals surface area contributed by atoms with Crippen LogP contribution < -0.4 is 10.2 Å². The van der Waals surface area contributed by atoms with Gasteiger partial charge >= 0.3 is 5.97 Å². The molecular weight excluding hydrogens is 364 g/mol. The fourth-order valence-electron chi connectivity index (χ4n) is 2.89. The first-order chi connectivity index (χ1) is 14.0. The minimum atomic E-state index is -0.936. The molecule has 3 aromatic carbocycles. The van der Waals surface area contributed by atoms with Crippen molar-refractivity contribution in [3.8, 4) is 11.1 Å². The Morgan fingerprint density at radius 3 is 2.31 bits per heavy atom. The standard InChI is InChI=1S/C24H24N2O3/c1-17(29-24(28)19-12-9-13-20(16-19)26(2)3)23(27)25-22-15-8-7-14-21(22)18-10-5-4-6-11-18/h4-17H,1-3H3,(H,25,27)/t17-/m1/s1. The number of nitrogens with zero attached hydrogens (tertiary/aromatic N) is 1. The van der Waals surface area contributed by atoms with E-state index in [4.69, 9.17) is 4.74 Å². The van der Waals surface area contributed by atoms with Crippen molar-refractivity contribution in [2.45, 2.75) is 13.0 Å². The van der Waals surface area contributed by atoms with Crippen molar-refractivity contribution in [1.29, 1.82) is 0 Å². The molecule has 148 valence electrons. The minimum Gasteiger partial charge on any atom is -0.449 e. The lowest BCUT2D eigenvalue weighted by atomic mass is 10.0. The van der Waals surface area contributed by atoms with Crippen LogP contribution in [0.25, 0.3) is 11.1 Å². The van der Waals surface area contributed by atoms with Gasteiger partial charge in [0.1, 0.15) is 0 Å². The fourth-order valence-corrected chi connectivity index (χ4v) is 2.89. The van der Waals surface area contributed by atoms with Gasteiger partial charge in [0.15, 0.2) is 6.10 Å². The van der Waals surface area contributed by atoms with Crippen LogP contribution in [0, 0.1) is 0 Å². The number of ether oxygens (including phenoxy) is 1. The van der Waals surface area contributed by atoms with Crippen LogP contribution in [0.1, 0.15) is 17.3 Å². The van der Waals surface area contributed by atoms with Gasteiger partial charge in [0.2, 0.25) is 0 Å². The first kappa shape index (κ1) is 20.1. The molecule has 0 aliphatic heterocycles. The third kappa shape index (κ3) is 5.02. The molecule has 0 fully saturated rings. The summed E-state index contributed by atoms with van der Waals surface area (Å²) >= 11 is 0. The second-order valence-electron chi connectivity index (χ2n) is 6.89. The zero-order valence-electron chi connectivity index (χ0n) is 16.8. The molecule has 0 heterocycles. The Hall–Kier alpha value is -3.60. The highest BCUT2D eigenvalue weighted by Gasteiger charge is 2.20. The Morgan fingerprint density at radius 2 is 1.59 bits per heavy atom. The van der Waals surface area contributed by atoms with Crippen LogP contribution in [0.5, 0.6) is 0 Å². The van der Waals surface area contributed by atoms with Gasteiger partial charge in [0.05, 0.1) is 5.56 Å². The molecule has 0 saturated heterocycles. The summed E-state index contributed by atoms with van der Waals surface area (Å²) < 4.78 is 5.38. The van der Waals surface area contributed by atoms with Gasteiger partial charge in [-0.05, 0) is 36.8 Å². The third-order valence-electron chi connectivity index (χ3n) is 4.52. The molecule has 3 aromatic rings. The largest absolute Gasteiger partial charge is 0.449 e. The van der Waals surface area contributed by atoms with Gasteiger partial charge in [-0.3, -0.25) is 4.79 Å². The molecule has 1 amide bonds. The summed E-state index contributed by atoms with van der Waals surface area (Å²) in [4.78, 5) is 27.0. The van der Waals surface area contributed by atoms with Crippen molar-refractivity contribution in [1.82, 2.24) is 0 Å². The van der Waals surface area contributed by atoms with E-state index in [9.17, 15) is 9.59 Å². The van der Waals surface area contributed by atoms with E-state index in [1.807, 2.05) is 79.7 Å². The van der Waals surface area contributed by atoms with Gasteiger partial charge in [-0.2, -0.15) is 0 Å². The lowest BCUT2D eigenvalue weighted by Gasteiger charge is -2.17. The second kappa shape index (κ2) is 9.06. The van der Waals surface area contributed by atoms with Crippen LogP contribution in [0.3, 0.4) is 0 Å². The molecule has 5 nitrogen and oxygen atoms in total. The Morgan fingerprint density at radius 1 is 0.897 bits per heavy atom. The number of para-hydroxylation sites is 1. The van der Waals surface area contributed by atoms with E-state index in [1.54, 1.807) is 25.1 Å². The number of carbonyl (C=O) groups is 2. The van der Waals surface area contributed by atoms with Crippen molar-refractivity contribution in [2.75, 3.05) is 24.3 Å². The Labute approximate surface area is 170 Å². The monoisotopic (exact) mass is 388 g/mol. The number of rotatable bonds is 6. The Bertz CT molecular complexity index is 1000. The molecule has 0 spiro atoms. The number of hydrogen-bond donors (Lipinski definition) is 1. The Balaban J connectivity index is 1.70. The Kier molecular flexibility index (Phi) is 6.29. The van der Waals surface area contributed by atoms with Gasteiger partial charge in [-0.25, -0.2) is 4.79 Å². The van der Waals surface area contributed by atoms with Crippen LogP contribution in [0.4, 0.5) is 11.4 Å². The van der Waals surface area contributed by atoms with E-state index in [0.29, 0.717) is 11.3 Å². The fraction of sp³-hybridized carbons (Fsp3) is 0.167. The van der Waals surface area contributed by atoms with Gasteiger partial charge in [0.25, 0.3) is 5.91 Å². The SMILES string of the molecule is C[C@@H](OC(=O)c1cccc(N(C)C)c1)C(=O)Nc1ccccc1-c1ccccc1. The molecule has 0 aromatic heterocycles. The molecule has 29 heavy (non-hydrogen) atoms. The van der Waals surface area contributed by atoms with Crippen LogP contribution in [0.2, 0.25) is 0 Å². The summed E-state index contributed by atoms with van der Waals surface area (Å²) in [6.07, 6.45) is -0.936. The molecule has 0 bridgehead atoms. The van der Waals surface area contributed by atoms with E-state index in [2.05, 4.69) is 5.32 Å². The summed E-state index contributed by atoms with van der Waals surface area (Å²) in [5, 5.41) is 2.87. The van der Waals surface area contributed by atoms with E-state index in [1.165, 1.54) is 0 Å². The normalized spacial score (nSPS) is 11.4. The topological polar surface area (TPSA) is 58.6 Å². The van der Waals surface area contributed by atoms with Gasteiger partial charge in [-0.1, -0.05) is 54.6 Å². The van der Waals surface area contributed by atoms with E-state index in [-0.39, 0.29) is 5.91 Å². The molecule has 1 atom stereocenters. The van der Waals surface area contributed by atoms with Crippen molar-refractivity contribution in [3.05, 3.63) is 84.4 Å². The van der Waals surface area contributed by atoms with Crippen LogP contribution in [-0.4, -0.2) is 32.1 Å². The molecule has 5 heteroatoms. The zero-order valence-corrected chi connectivity index (χ0v) is 16.8. The lowest BCUT2D eigenvalue weighted by molar-refractivity contribution is -0.123. The first-order valence-electron chi connectivity index (χ1n) is 9.39. The first-order valence-corrected chi connectivity index (χ1v) is 9.39. The average molecular weight is 388 g/mol. The highest BCUT2D eigenvalue weighted by molar-refractivity contribution is 6.00. The molecular formula is C24H24N2O3. The number of nitrogens with one attached hydrogen (secondary N) is 1. The number of esters is 1. The maximum absolute atomic E-state index is 12.6. The van der Waals surface area contributed by atoms with E-state index in [0.717, 1.165) is 16.8 Å². The smallest absolute Gasteiger partial charge is 0.338 e. The number of anilines is 2. The van der Waals surface area contributed by atoms with Crippen LogP contribution in [-0.2, 0) is 9.53 Å². The minimum absolute atomic E-state index is 0.384. The summed E-state index contributed by atoms with van der Waals surface area (Å²) in [6, 6.07) is 24.4. The maximum atomic E-state index is 12.6. The van der Waals surface area contributed by atoms with Crippen LogP contribution in [0.15, 0.2) is 78.9 Å². The predicted octanol–water partition coefficient (Wildman–Crippen LogP) is 4.60. The van der Waals surface area contributed by atoms with E-state index >= 15 is 0 Å². The molecule has 0 aliphatic rings. The van der Waals surface area contributed by atoms with Crippen molar-refractivity contribution < 1.29 is 14.3 Å². The molecule has 0 radical (unpaired) electrons. The lowest BCUT2D eigenvalue weighted by Crippen LogP contribution is -2.30. The molecule has 0 unspecified atom stereocenters. The molecule has 0 saturated carbocycles. The summed E-state index contributed by atoms with van der Waals surface area (Å²) in [5.74, 6) is -0.918. The summed E-state index contributed by atoms with van der Waals surface area (Å²) in [5.41, 5.74) is 3.85. The summed E-state index contributed by atoms with van der Waals surface area (Å²) in [6.45, 7) is 1.56.